The van der Waals surface area contributed by atoms with E-state index in [1.807, 2.05) is 12.2 Å². The minimum Gasteiger partial charge on any atom is -0.391 e. The smallest absolute Gasteiger partial charge is 0.243 e. The zero-order valence-corrected chi connectivity index (χ0v) is 34.4. The van der Waals surface area contributed by atoms with Crippen molar-refractivity contribution in [2.75, 3.05) is 26.2 Å². The Kier molecular flexibility index (Phi) is 18.0. The number of nitrogens with two attached hydrogens (primary N) is 2. The predicted octanol–water partition coefficient (Wildman–Crippen LogP) is -1.64. The highest BCUT2D eigenvalue weighted by atomic mass is 16.3. The molecule has 0 bridgehead atoms. The number of guanidine groups is 1. The molecule has 7 atom stereocenters. The average Bonchev–Trinajstić information content (AvgIpc) is 3.66. The van der Waals surface area contributed by atoms with Gasteiger partial charge in [-0.25, -0.2) is 0 Å². The van der Waals surface area contributed by atoms with Crippen molar-refractivity contribution in [2.24, 2.45) is 17.4 Å². The SMILES string of the molecule is C=C1/C=C\C=C/CN/C=C\1C[C@@H]1NC(=O)[C@H](CCCNC(=N)N)NC(=O)[C@@H](Cc2ccccc2)NC(=O)[C@@H]2C[C@@H](O)CN2C(=O)[C@@H](C)C(=O)NCCCC[C@@H](C(N)=O)NC1=O. The van der Waals surface area contributed by atoms with E-state index in [2.05, 4.69) is 43.8 Å². The number of aliphatic hydroxyl groups is 1. The van der Waals surface area contributed by atoms with Gasteiger partial charge in [0.15, 0.2) is 5.96 Å². The van der Waals surface area contributed by atoms with E-state index in [0.717, 1.165) is 4.90 Å². The number of carbonyl (C=O) groups excluding carboxylic acids is 7. The molecule has 3 heterocycles. The number of hydrogen-bond donors (Lipinski definition) is 11. The van der Waals surface area contributed by atoms with Crippen LogP contribution in [-0.2, 0) is 40.0 Å². The molecule has 0 saturated carbocycles. The average molecular weight is 846 g/mol. The molecule has 1 aromatic rings. The van der Waals surface area contributed by atoms with Crippen LogP contribution in [0.1, 0.15) is 57.4 Å². The standard InChI is InChI=1S/C42H59N11O8/c1-25-12-5-4-9-17-46-23-28(25)21-33-39(59)49-30(35(43)55)15-8-10-18-47-36(56)26(2)41(61)53-24-29(54)22-34(53)40(60)52-32(20-27-13-6-3-7-14-27)38(58)50-31(37(57)51-33)16-11-19-48-42(44)45/h3-7,9,12-14,23,26,29-34,46,54H,1,8,10-11,15-22,24H2,2H3,(H2,43,55)(H,47,56)(H,49,59)(H,50,58)(H,51,57)(H,52,60)(H4,44,45,48)/b9-4-,12-5-,28-23-/t26-,29+,30-,31-,32+,33-,34-/m0/s1. The molecule has 330 valence electrons. The number of carbonyl (C=O) groups is 7. The summed E-state index contributed by atoms with van der Waals surface area (Å²) in [4.78, 5) is 97.3. The Bertz CT molecular complexity index is 1880. The summed E-state index contributed by atoms with van der Waals surface area (Å²) in [5.41, 5.74) is 13.0. The Balaban J connectivity index is 1.74. The van der Waals surface area contributed by atoms with Gasteiger partial charge in [0.1, 0.15) is 36.1 Å². The molecule has 4 rings (SSSR count). The maximum absolute atomic E-state index is 14.4. The molecule has 0 radical (unpaired) electrons. The number of benzene rings is 1. The van der Waals surface area contributed by atoms with Crippen molar-refractivity contribution in [3.8, 4) is 0 Å². The van der Waals surface area contributed by atoms with Gasteiger partial charge >= 0.3 is 0 Å². The molecular formula is C42H59N11O8. The fraction of sp³-hybridized carbons (Fsp3) is 0.476. The van der Waals surface area contributed by atoms with Gasteiger partial charge in [0, 0.05) is 51.6 Å². The molecule has 19 heteroatoms. The number of primary amides is 1. The van der Waals surface area contributed by atoms with E-state index in [-0.39, 0.29) is 64.1 Å². The number of nitrogens with zero attached hydrogens (tertiary/aromatic N) is 1. The lowest BCUT2D eigenvalue weighted by Gasteiger charge is -2.29. The van der Waals surface area contributed by atoms with Gasteiger partial charge in [-0.3, -0.25) is 39.0 Å². The highest BCUT2D eigenvalue weighted by molar-refractivity contribution is 6.02. The minimum absolute atomic E-state index is 0.00940. The summed E-state index contributed by atoms with van der Waals surface area (Å²) < 4.78 is 0. The highest BCUT2D eigenvalue weighted by Gasteiger charge is 2.43. The first kappa shape index (κ1) is 47.2. The number of fused-ring (bicyclic) bond motifs is 1. The van der Waals surface area contributed by atoms with E-state index < -0.39 is 83.6 Å². The zero-order valence-electron chi connectivity index (χ0n) is 34.4. The number of allylic oxidation sites excluding steroid dienone is 4. The van der Waals surface area contributed by atoms with Gasteiger partial charge in [-0.15, -0.1) is 0 Å². The fourth-order valence-corrected chi connectivity index (χ4v) is 7.12. The maximum atomic E-state index is 14.4. The van der Waals surface area contributed by atoms with E-state index in [1.54, 1.807) is 48.7 Å². The molecule has 61 heavy (non-hydrogen) atoms. The largest absolute Gasteiger partial charge is 0.391 e. The zero-order chi connectivity index (χ0) is 44.5. The lowest BCUT2D eigenvalue weighted by molar-refractivity contribution is -0.146. The molecule has 0 unspecified atom stereocenters. The Hall–Kier alpha value is -6.50. The second-order valence-electron chi connectivity index (χ2n) is 15.3. The van der Waals surface area contributed by atoms with Gasteiger partial charge in [-0.2, -0.15) is 0 Å². The van der Waals surface area contributed by atoms with Crippen LogP contribution in [0.15, 0.2) is 78.6 Å². The molecule has 0 spiro atoms. The second-order valence-corrected chi connectivity index (χ2v) is 15.3. The highest BCUT2D eigenvalue weighted by Crippen LogP contribution is 2.22. The van der Waals surface area contributed by atoms with Gasteiger partial charge in [-0.05, 0) is 55.7 Å². The third-order valence-corrected chi connectivity index (χ3v) is 10.6. The van der Waals surface area contributed by atoms with Crippen molar-refractivity contribution in [2.45, 2.75) is 94.6 Å². The Labute approximate surface area is 355 Å². The van der Waals surface area contributed by atoms with Gasteiger partial charge in [0.25, 0.3) is 0 Å². The number of rotatable bonds is 9. The number of amides is 7. The number of aliphatic hydroxyl groups excluding tert-OH is 1. The van der Waals surface area contributed by atoms with Crippen LogP contribution < -0.4 is 48.7 Å². The van der Waals surface area contributed by atoms with Gasteiger partial charge in [0.2, 0.25) is 41.4 Å². The van der Waals surface area contributed by atoms with Crippen LogP contribution in [0.5, 0.6) is 0 Å². The Morgan fingerprint density at radius 3 is 2.30 bits per heavy atom. The molecule has 3 aliphatic heterocycles. The molecule has 2 saturated heterocycles. The van der Waals surface area contributed by atoms with Crippen LogP contribution >= 0.6 is 0 Å². The quantitative estimate of drug-likeness (QED) is 0.0580. The molecule has 0 aliphatic carbocycles. The lowest BCUT2D eigenvalue weighted by atomic mass is 9.98. The van der Waals surface area contributed by atoms with Crippen LogP contribution in [0, 0.1) is 11.3 Å². The van der Waals surface area contributed by atoms with E-state index >= 15 is 0 Å². The monoisotopic (exact) mass is 845 g/mol. The first-order valence-corrected chi connectivity index (χ1v) is 20.5. The second kappa shape index (κ2) is 23.3. The van der Waals surface area contributed by atoms with Crippen molar-refractivity contribution in [1.29, 1.82) is 5.41 Å². The predicted molar refractivity (Wildman–Crippen MR) is 226 cm³/mol. The summed E-state index contributed by atoms with van der Waals surface area (Å²) in [5, 5.41) is 37.5. The first-order chi connectivity index (χ1) is 29.1. The summed E-state index contributed by atoms with van der Waals surface area (Å²) in [6.07, 6.45) is 8.52. The summed E-state index contributed by atoms with van der Waals surface area (Å²) in [6.45, 7) is 6.03. The third-order valence-electron chi connectivity index (χ3n) is 10.6. The minimum atomic E-state index is -1.31. The lowest BCUT2D eigenvalue weighted by Crippen LogP contribution is -2.59. The summed E-state index contributed by atoms with van der Waals surface area (Å²) in [7, 11) is 0. The van der Waals surface area contributed by atoms with Crippen molar-refractivity contribution < 1.29 is 38.7 Å². The maximum Gasteiger partial charge on any atom is 0.243 e. The van der Waals surface area contributed by atoms with Crippen molar-refractivity contribution in [3.63, 3.8) is 0 Å². The van der Waals surface area contributed by atoms with Gasteiger partial charge in [0.05, 0.1) is 6.10 Å². The van der Waals surface area contributed by atoms with Gasteiger partial charge < -0.3 is 58.7 Å². The normalized spacial score (nSPS) is 28.4. The van der Waals surface area contributed by atoms with Crippen molar-refractivity contribution >= 4 is 47.3 Å². The summed E-state index contributed by atoms with van der Waals surface area (Å²) in [5.74, 6) is -6.69. The van der Waals surface area contributed by atoms with Crippen molar-refractivity contribution in [3.05, 3.63) is 84.1 Å². The molecule has 7 amide bonds. The molecule has 2 fully saturated rings. The Morgan fingerprint density at radius 1 is 0.902 bits per heavy atom. The van der Waals surface area contributed by atoms with Crippen LogP contribution in [0.4, 0.5) is 0 Å². The fourth-order valence-electron chi connectivity index (χ4n) is 7.12. The van der Waals surface area contributed by atoms with Crippen molar-refractivity contribution in [1.82, 2.24) is 42.1 Å². The van der Waals surface area contributed by atoms with E-state index in [0.29, 0.717) is 36.1 Å². The van der Waals surface area contributed by atoms with E-state index in [9.17, 15) is 38.7 Å². The van der Waals surface area contributed by atoms with Crippen LogP contribution in [-0.4, -0.2) is 120 Å². The number of hydrogen-bond acceptors (Lipinski definition) is 10. The summed E-state index contributed by atoms with van der Waals surface area (Å²) >= 11 is 0. The van der Waals surface area contributed by atoms with Gasteiger partial charge in [-0.1, -0.05) is 61.2 Å². The topological polar surface area (TPSA) is 303 Å². The number of nitrogens with one attached hydrogen (secondary N) is 8. The molecule has 1 aromatic carbocycles. The van der Waals surface area contributed by atoms with Crippen LogP contribution in [0.2, 0.25) is 0 Å². The first-order valence-electron chi connectivity index (χ1n) is 20.5. The van der Waals surface area contributed by atoms with Crippen LogP contribution in [0.25, 0.3) is 0 Å². The third kappa shape index (κ3) is 14.6. The Morgan fingerprint density at radius 2 is 1.57 bits per heavy atom. The molecule has 0 aromatic heterocycles. The van der Waals surface area contributed by atoms with Crippen LogP contribution in [0.3, 0.4) is 0 Å². The molecule has 19 nitrogen and oxygen atoms in total. The van der Waals surface area contributed by atoms with E-state index in [1.165, 1.54) is 6.92 Å². The summed E-state index contributed by atoms with van der Waals surface area (Å²) in [6, 6.07) is 2.48. The molecular weight excluding hydrogens is 787 g/mol. The molecule has 3 aliphatic rings. The molecule has 13 N–H and O–H groups in total. The van der Waals surface area contributed by atoms with E-state index in [4.69, 9.17) is 16.9 Å².